The molecule has 0 saturated carbocycles. The van der Waals surface area contributed by atoms with Crippen LogP contribution >= 0.6 is 0 Å². The van der Waals surface area contributed by atoms with E-state index < -0.39 is 0 Å². The number of methoxy groups -OCH3 is 1. The smallest absolute Gasteiger partial charge is 0.269 e. The van der Waals surface area contributed by atoms with E-state index in [0.29, 0.717) is 12.2 Å². The monoisotopic (exact) mass is 353 g/mol. The molecule has 0 atom stereocenters. The molecule has 3 rings (SSSR count). The second kappa shape index (κ2) is 8.70. The van der Waals surface area contributed by atoms with Crippen LogP contribution in [0.3, 0.4) is 0 Å². The number of carbonyl (C=O) groups excluding carboxylic acids is 1. The molecule has 1 aliphatic heterocycles. The molecule has 1 aromatic carbocycles. The summed E-state index contributed by atoms with van der Waals surface area (Å²) in [7, 11) is 1.66. The van der Waals surface area contributed by atoms with Gasteiger partial charge in [0.15, 0.2) is 0 Å². The molecule has 1 N–H and O–H groups in total. The maximum atomic E-state index is 12.3. The number of nitrogens with one attached hydrogen (secondary N) is 1. The summed E-state index contributed by atoms with van der Waals surface area (Å²) < 4.78 is 5.34. The molecule has 1 fully saturated rings. The lowest BCUT2D eigenvalue weighted by molar-refractivity contribution is 0.0949. The van der Waals surface area contributed by atoms with Crippen LogP contribution in [0.1, 0.15) is 35.8 Å². The molecule has 0 aliphatic carbocycles. The standard InChI is InChI=1S/C21H27N3O2/c1-16-10-13-24(14-11-16)18-7-8-19(23-15-18)21(25)22-12-9-17-5-3-4-6-20(17)26-2/h3-8,15-16H,9-14H2,1-2H3,(H,22,25). The number of para-hydroxylation sites is 1. The molecule has 138 valence electrons. The fourth-order valence-corrected chi connectivity index (χ4v) is 3.28. The van der Waals surface area contributed by atoms with E-state index in [1.807, 2.05) is 42.6 Å². The van der Waals surface area contributed by atoms with E-state index in [2.05, 4.69) is 22.1 Å². The van der Waals surface area contributed by atoms with Gasteiger partial charge in [-0.15, -0.1) is 0 Å². The molecule has 26 heavy (non-hydrogen) atoms. The zero-order valence-corrected chi connectivity index (χ0v) is 15.6. The van der Waals surface area contributed by atoms with E-state index in [1.54, 1.807) is 7.11 Å². The first-order valence-corrected chi connectivity index (χ1v) is 9.28. The first-order valence-electron chi connectivity index (χ1n) is 9.28. The molecule has 1 aromatic heterocycles. The van der Waals surface area contributed by atoms with Gasteiger partial charge in [-0.05, 0) is 48.9 Å². The molecule has 5 heteroatoms. The predicted octanol–water partition coefficient (Wildman–Crippen LogP) is 3.30. The van der Waals surface area contributed by atoms with E-state index in [4.69, 9.17) is 4.74 Å². The maximum absolute atomic E-state index is 12.3. The van der Waals surface area contributed by atoms with E-state index in [1.165, 1.54) is 12.8 Å². The summed E-state index contributed by atoms with van der Waals surface area (Å²) in [6.45, 7) is 4.97. The van der Waals surface area contributed by atoms with E-state index in [-0.39, 0.29) is 5.91 Å². The first-order chi connectivity index (χ1) is 12.7. The van der Waals surface area contributed by atoms with Gasteiger partial charge < -0.3 is 15.0 Å². The number of aromatic nitrogens is 1. The van der Waals surface area contributed by atoms with Crippen LogP contribution in [0.4, 0.5) is 5.69 Å². The van der Waals surface area contributed by atoms with Crippen LogP contribution in [0, 0.1) is 5.92 Å². The lowest BCUT2D eigenvalue weighted by Gasteiger charge is -2.31. The number of anilines is 1. The number of rotatable bonds is 6. The van der Waals surface area contributed by atoms with Crippen LogP contribution in [0.25, 0.3) is 0 Å². The summed E-state index contributed by atoms with van der Waals surface area (Å²) in [5.74, 6) is 1.51. The van der Waals surface area contributed by atoms with E-state index in [0.717, 1.165) is 42.4 Å². The van der Waals surface area contributed by atoms with Crippen LogP contribution in [-0.4, -0.2) is 37.6 Å². The van der Waals surface area contributed by atoms with Gasteiger partial charge in [-0.25, -0.2) is 4.98 Å². The van der Waals surface area contributed by atoms with Gasteiger partial charge in [-0.3, -0.25) is 4.79 Å². The summed E-state index contributed by atoms with van der Waals surface area (Å²) in [4.78, 5) is 19.0. The van der Waals surface area contributed by atoms with Crippen molar-refractivity contribution >= 4 is 11.6 Å². The maximum Gasteiger partial charge on any atom is 0.269 e. The minimum Gasteiger partial charge on any atom is -0.496 e. The molecule has 1 amide bonds. The average Bonchev–Trinajstić information content (AvgIpc) is 2.69. The third-order valence-electron chi connectivity index (χ3n) is 5.00. The fourth-order valence-electron chi connectivity index (χ4n) is 3.28. The van der Waals surface area contributed by atoms with Gasteiger partial charge in [-0.2, -0.15) is 0 Å². The number of piperidine rings is 1. The number of pyridine rings is 1. The van der Waals surface area contributed by atoms with Crippen LogP contribution < -0.4 is 15.0 Å². The molecule has 2 aromatic rings. The quantitative estimate of drug-likeness (QED) is 0.866. The molecule has 0 bridgehead atoms. The van der Waals surface area contributed by atoms with Gasteiger partial charge in [0.2, 0.25) is 0 Å². The number of nitrogens with zero attached hydrogens (tertiary/aromatic N) is 2. The van der Waals surface area contributed by atoms with Crippen molar-refractivity contribution < 1.29 is 9.53 Å². The largest absolute Gasteiger partial charge is 0.496 e. The van der Waals surface area contributed by atoms with Crippen LogP contribution in [0.5, 0.6) is 5.75 Å². The normalized spacial score (nSPS) is 14.9. The van der Waals surface area contributed by atoms with Crippen molar-refractivity contribution in [2.45, 2.75) is 26.2 Å². The number of hydrogen-bond acceptors (Lipinski definition) is 4. The van der Waals surface area contributed by atoms with Crippen molar-refractivity contribution in [2.75, 3.05) is 31.6 Å². The Hall–Kier alpha value is -2.56. The number of amides is 1. The lowest BCUT2D eigenvalue weighted by atomic mass is 9.99. The van der Waals surface area contributed by atoms with E-state index >= 15 is 0 Å². The summed E-state index contributed by atoms with van der Waals surface area (Å²) >= 11 is 0. The van der Waals surface area contributed by atoms with Gasteiger partial charge in [0, 0.05) is 19.6 Å². The van der Waals surface area contributed by atoms with Crippen molar-refractivity contribution in [3.63, 3.8) is 0 Å². The Morgan fingerprint density at radius 1 is 1.23 bits per heavy atom. The molecule has 0 unspecified atom stereocenters. The van der Waals surface area contributed by atoms with Crippen LogP contribution in [0.15, 0.2) is 42.6 Å². The Morgan fingerprint density at radius 3 is 2.69 bits per heavy atom. The van der Waals surface area contributed by atoms with Crippen LogP contribution in [-0.2, 0) is 6.42 Å². The summed E-state index contributed by atoms with van der Waals surface area (Å²) in [6, 6.07) is 11.7. The zero-order valence-electron chi connectivity index (χ0n) is 15.6. The highest BCUT2D eigenvalue weighted by Gasteiger charge is 2.16. The Bertz CT molecular complexity index is 722. The molecule has 1 aliphatic rings. The Morgan fingerprint density at radius 2 is 2.00 bits per heavy atom. The SMILES string of the molecule is COc1ccccc1CCNC(=O)c1ccc(N2CCC(C)CC2)cn1. The van der Waals surface area contributed by atoms with Gasteiger partial charge in [0.25, 0.3) is 5.91 Å². The molecule has 0 radical (unpaired) electrons. The second-order valence-corrected chi connectivity index (χ2v) is 6.89. The van der Waals surface area contributed by atoms with Gasteiger partial charge in [-0.1, -0.05) is 25.1 Å². The zero-order chi connectivity index (χ0) is 18.4. The third-order valence-corrected chi connectivity index (χ3v) is 5.00. The Balaban J connectivity index is 1.52. The minimum atomic E-state index is -0.140. The molecule has 5 nitrogen and oxygen atoms in total. The molecular weight excluding hydrogens is 326 g/mol. The third kappa shape index (κ3) is 4.54. The van der Waals surface area contributed by atoms with Crippen molar-refractivity contribution in [1.82, 2.24) is 10.3 Å². The Kier molecular flexibility index (Phi) is 6.10. The number of carbonyl (C=O) groups is 1. The molecular formula is C21H27N3O2. The Labute approximate surface area is 155 Å². The van der Waals surface area contributed by atoms with E-state index in [9.17, 15) is 4.79 Å². The van der Waals surface area contributed by atoms with Gasteiger partial charge in [0.05, 0.1) is 19.0 Å². The fraction of sp³-hybridized carbons (Fsp3) is 0.429. The van der Waals surface area contributed by atoms with Crippen molar-refractivity contribution in [3.8, 4) is 5.75 Å². The summed E-state index contributed by atoms with van der Waals surface area (Å²) in [6.07, 6.45) is 4.96. The topological polar surface area (TPSA) is 54.5 Å². The number of hydrogen-bond donors (Lipinski definition) is 1. The van der Waals surface area contributed by atoms with Crippen molar-refractivity contribution in [3.05, 3.63) is 53.9 Å². The lowest BCUT2D eigenvalue weighted by Crippen LogP contribution is -2.33. The summed E-state index contributed by atoms with van der Waals surface area (Å²) in [5.41, 5.74) is 2.64. The average molecular weight is 353 g/mol. The van der Waals surface area contributed by atoms with Crippen molar-refractivity contribution in [2.24, 2.45) is 5.92 Å². The second-order valence-electron chi connectivity index (χ2n) is 6.89. The predicted molar refractivity (Wildman–Crippen MR) is 104 cm³/mol. The highest BCUT2D eigenvalue weighted by Crippen LogP contribution is 2.22. The van der Waals surface area contributed by atoms with Crippen molar-refractivity contribution in [1.29, 1.82) is 0 Å². The van der Waals surface area contributed by atoms with Gasteiger partial charge >= 0.3 is 0 Å². The highest BCUT2D eigenvalue weighted by atomic mass is 16.5. The number of benzene rings is 1. The molecule has 1 saturated heterocycles. The molecule has 0 spiro atoms. The minimum absolute atomic E-state index is 0.140. The van der Waals surface area contributed by atoms with Crippen LogP contribution in [0.2, 0.25) is 0 Å². The highest BCUT2D eigenvalue weighted by molar-refractivity contribution is 5.92. The number of ether oxygens (including phenoxy) is 1. The summed E-state index contributed by atoms with van der Waals surface area (Å²) in [5, 5.41) is 2.93. The first kappa shape index (κ1) is 18.2. The molecule has 2 heterocycles. The van der Waals surface area contributed by atoms with Gasteiger partial charge in [0.1, 0.15) is 11.4 Å².